The summed E-state index contributed by atoms with van der Waals surface area (Å²) in [6.45, 7) is 0. The zero-order valence-electron chi connectivity index (χ0n) is 7.25. The summed E-state index contributed by atoms with van der Waals surface area (Å²) in [5.74, 6) is 0.236. The molecule has 0 fully saturated rings. The normalized spacial score (nSPS) is 21.8. The smallest absolute Gasteiger partial charge is 0.163 e. The molecule has 0 amide bonds. The summed E-state index contributed by atoms with van der Waals surface area (Å²) in [5, 5.41) is 0. The Morgan fingerprint density at radius 1 is 1.00 bits per heavy atom. The lowest BCUT2D eigenvalue weighted by molar-refractivity contribution is -0.122. The molecule has 2 nitrogen and oxygen atoms in total. The molecule has 2 aliphatic rings. The molecule has 2 rings (SSSR count). The Balaban J connectivity index is 2.49. The van der Waals surface area contributed by atoms with Crippen LogP contribution in [0.25, 0.3) is 0 Å². The Labute approximate surface area is 76.6 Å². The first-order chi connectivity index (χ1) is 6.29. The topological polar surface area (TPSA) is 34.1 Å². The third kappa shape index (κ3) is 1.39. The quantitative estimate of drug-likeness (QED) is 0.560. The summed E-state index contributed by atoms with van der Waals surface area (Å²) in [5.41, 5.74) is 1.32. The van der Waals surface area contributed by atoms with E-state index in [1.54, 1.807) is 6.08 Å². The number of Topliss-reactive ketones (excluding diaryl/α,β-unsaturated/α-hetero) is 2. The van der Waals surface area contributed by atoms with Crippen molar-refractivity contribution in [1.82, 2.24) is 0 Å². The van der Waals surface area contributed by atoms with Crippen molar-refractivity contribution in [1.29, 1.82) is 0 Å². The summed E-state index contributed by atoms with van der Waals surface area (Å²) >= 11 is 0. The number of hydrogen-bond donors (Lipinski definition) is 0. The van der Waals surface area contributed by atoms with E-state index >= 15 is 0 Å². The molecule has 2 aliphatic carbocycles. The third-order valence-corrected chi connectivity index (χ3v) is 2.37. The first-order valence-corrected chi connectivity index (χ1v) is 4.42. The molecule has 13 heavy (non-hydrogen) atoms. The second kappa shape index (κ2) is 3.13. The van der Waals surface area contributed by atoms with Crippen molar-refractivity contribution in [2.75, 3.05) is 0 Å². The summed E-state index contributed by atoms with van der Waals surface area (Å²) in [7, 11) is 0. The number of rotatable bonds is 0. The van der Waals surface area contributed by atoms with Crippen LogP contribution in [0.3, 0.4) is 0 Å². The SMILES string of the molecule is O=C1CCC(=O)C2=C1C=CC=CC2. The van der Waals surface area contributed by atoms with Gasteiger partial charge in [0, 0.05) is 24.0 Å². The first-order valence-electron chi connectivity index (χ1n) is 4.42. The molecule has 0 spiro atoms. The Bertz CT molecular complexity index is 356. The van der Waals surface area contributed by atoms with Crippen LogP contribution in [0.2, 0.25) is 0 Å². The van der Waals surface area contributed by atoms with E-state index in [0.717, 1.165) is 0 Å². The van der Waals surface area contributed by atoms with Gasteiger partial charge in [-0.15, -0.1) is 0 Å². The predicted octanol–water partition coefficient (Wildman–Crippen LogP) is 1.73. The molecule has 0 aromatic heterocycles. The maximum atomic E-state index is 11.4. The second-order valence-corrected chi connectivity index (χ2v) is 3.23. The average molecular weight is 174 g/mol. The summed E-state index contributed by atoms with van der Waals surface area (Å²) < 4.78 is 0. The zero-order valence-corrected chi connectivity index (χ0v) is 7.25. The van der Waals surface area contributed by atoms with Crippen LogP contribution >= 0.6 is 0 Å². The fourth-order valence-corrected chi connectivity index (χ4v) is 1.66. The Morgan fingerprint density at radius 3 is 2.62 bits per heavy atom. The molecule has 0 saturated carbocycles. The monoisotopic (exact) mass is 174 g/mol. The van der Waals surface area contributed by atoms with Gasteiger partial charge in [-0.1, -0.05) is 24.3 Å². The lowest BCUT2D eigenvalue weighted by atomic mass is 9.88. The van der Waals surface area contributed by atoms with Crippen LogP contribution in [0.4, 0.5) is 0 Å². The lowest BCUT2D eigenvalue weighted by Gasteiger charge is -2.13. The molecule has 0 bridgehead atoms. The van der Waals surface area contributed by atoms with E-state index in [0.29, 0.717) is 30.4 Å². The van der Waals surface area contributed by atoms with Crippen molar-refractivity contribution in [2.45, 2.75) is 19.3 Å². The average Bonchev–Trinajstić information content (AvgIpc) is 2.37. The van der Waals surface area contributed by atoms with E-state index in [1.165, 1.54) is 0 Å². The molecule has 0 aromatic rings. The first kappa shape index (κ1) is 8.17. The van der Waals surface area contributed by atoms with Gasteiger partial charge in [0.15, 0.2) is 11.6 Å². The van der Waals surface area contributed by atoms with E-state index in [2.05, 4.69) is 0 Å². The largest absolute Gasteiger partial charge is 0.295 e. The molecule has 0 aromatic carbocycles. The van der Waals surface area contributed by atoms with Crippen molar-refractivity contribution in [2.24, 2.45) is 0 Å². The van der Waals surface area contributed by atoms with Crippen LogP contribution in [-0.4, -0.2) is 11.6 Å². The van der Waals surface area contributed by atoms with Crippen LogP contribution in [0.15, 0.2) is 35.5 Å². The Morgan fingerprint density at radius 2 is 1.77 bits per heavy atom. The second-order valence-electron chi connectivity index (χ2n) is 3.23. The molecule has 0 heterocycles. The van der Waals surface area contributed by atoms with Gasteiger partial charge in [0.25, 0.3) is 0 Å². The molecule has 0 N–H and O–H groups in total. The van der Waals surface area contributed by atoms with E-state index < -0.39 is 0 Å². The molecule has 0 radical (unpaired) electrons. The third-order valence-electron chi connectivity index (χ3n) is 2.37. The van der Waals surface area contributed by atoms with E-state index in [4.69, 9.17) is 0 Å². The maximum absolute atomic E-state index is 11.4. The predicted molar refractivity (Wildman–Crippen MR) is 49.2 cm³/mol. The van der Waals surface area contributed by atoms with Gasteiger partial charge in [-0.3, -0.25) is 9.59 Å². The zero-order chi connectivity index (χ0) is 9.26. The molecule has 2 heteroatoms. The standard InChI is InChI=1S/C11H10O2/c12-10-6-7-11(13)9-5-3-1-2-4-8(9)10/h1-4H,5-7H2. The number of hydrogen-bond acceptors (Lipinski definition) is 2. The number of ketones is 2. The highest BCUT2D eigenvalue weighted by molar-refractivity contribution is 6.13. The minimum atomic E-state index is 0.106. The number of allylic oxidation sites excluding steroid dienone is 6. The van der Waals surface area contributed by atoms with Crippen molar-refractivity contribution in [3.05, 3.63) is 35.5 Å². The van der Waals surface area contributed by atoms with E-state index in [-0.39, 0.29) is 11.6 Å². The number of carbonyl (C=O) groups is 2. The molecule has 0 aliphatic heterocycles. The maximum Gasteiger partial charge on any atom is 0.163 e. The molecular formula is C11H10O2. The van der Waals surface area contributed by atoms with Crippen molar-refractivity contribution in [3.8, 4) is 0 Å². The molecule has 66 valence electrons. The Hall–Kier alpha value is -1.44. The van der Waals surface area contributed by atoms with Crippen molar-refractivity contribution < 1.29 is 9.59 Å². The molecule has 0 saturated heterocycles. The highest BCUT2D eigenvalue weighted by Crippen LogP contribution is 2.24. The highest BCUT2D eigenvalue weighted by Gasteiger charge is 2.24. The lowest BCUT2D eigenvalue weighted by Crippen LogP contribution is -2.17. The van der Waals surface area contributed by atoms with Crippen molar-refractivity contribution >= 4 is 11.6 Å². The van der Waals surface area contributed by atoms with Gasteiger partial charge < -0.3 is 0 Å². The van der Waals surface area contributed by atoms with Gasteiger partial charge in [-0.2, -0.15) is 0 Å². The van der Waals surface area contributed by atoms with Crippen LogP contribution in [0.1, 0.15) is 19.3 Å². The van der Waals surface area contributed by atoms with Gasteiger partial charge in [0.05, 0.1) is 0 Å². The van der Waals surface area contributed by atoms with Crippen LogP contribution < -0.4 is 0 Å². The van der Waals surface area contributed by atoms with Crippen LogP contribution in [0, 0.1) is 0 Å². The summed E-state index contributed by atoms with van der Waals surface area (Å²) in [4.78, 5) is 22.9. The van der Waals surface area contributed by atoms with Gasteiger partial charge in [0.1, 0.15) is 0 Å². The van der Waals surface area contributed by atoms with E-state index in [1.807, 2.05) is 18.2 Å². The van der Waals surface area contributed by atoms with Gasteiger partial charge in [-0.05, 0) is 6.42 Å². The summed E-state index contributed by atoms with van der Waals surface area (Å²) in [6, 6.07) is 0. The molecule has 0 atom stereocenters. The number of carbonyl (C=O) groups excluding carboxylic acids is 2. The fraction of sp³-hybridized carbons (Fsp3) is 0.273. The van der Waals surface area contributed by atoms with E-state index in [9.17, 15) is 9.59 Å². The van der Waals surface area contributed by atoms with Gasteiger partial charge >= 0.3 is 0 Å². The van der Waals surface area contributed by atoms with Crippen LogP contribution in [0.5, 0.6) is 0 Å². The van der Waals surface area contributed by atoms with Crippen molar-refractivity contribution in [3.63, 3.8) is 0 Å². The van der Waals surface area contributed by atoms with Gasteiger partial charge in [-0.25, -0.2) is 0 Å². The summed E-state index contributed by atoms with van der Waals surface area (Å²) in [6.07, 6.45) is 8.72. The molecular weight excluding hydrogens is 164 g/mol. The molecule has 0 unspecified atom stereocenters. The van der Waals surface area contributed by atoms with Gasteiger partial charge in [0.2, 0.25) is 0 Å². The van der Waals surface area contributed by atoms with Crippen LogP contribution in [-0.2, 0) is 9.59 Å². The Kier molecular flexibility index (Phi) is 1.97. The minimum absolute atomic E-state index is 0.106. The minimum Gasteiger partial charge on any atom is -0.295 e. The highest BCUT2D eigenvalue weighted by atomic mass is 16.1. The fourth-order valence-electron chi connectivity index (χ4n) is 1.66.